The smallest absolute Gasteiger partial charge is 0.241 e. The van der Waals surface area contributed by atoms with Gasteiger partial charge in [-0.3, -0.25) is 9.69 Å². The van der Waals surface area contributed by atoms with E-state index in [4.69, 9.17) is 5.73 Å². The van der Waals surface area contributed by atoms with Gasteiger partial charge >= 0.3 is 0 Å². The molecule has 0 saturated heterocycles. The van der Waals surface area contributed by atoms with Crippen molar-refractivity contribution in [1.29, 1.82) is 0 Å². The molecule has 24 heavy (non-hydrogen) atoms. The van der Waals surface area contributed by atoms with Crippen molar-refractivity contribution in [2.24, 2.45) is 11.7 Å². The van der Waals surface area contributed by atoms with Gasteiger partial charge < -0.3 is 11.1 Å². The van der Waals surface area contributed by atoms with Crippen LogP contribution in [0.4, 0.5) is 5.69 Å². The van der Waals surface area contributed by atoms with Crippen LogP contribution in [0.3, 0.4) is 0 Å². The van der Waals surface area contributed by atoms with Gasteiger partial charge in [-0.25, -0.2) is 4.98 Å². The van der Waals surface area contributed by atoms with E-state index in [1.54, 1.807) is 11.3 Å². The summed E-state index contributed by atoms with van der Waals surface area (Å²) in [6, 6.07) is 7.38. The lowest BCUT2D eigenvalue weighted by Crippen LogP contribution is -2.39. The van der Waals surface area contributed by atoms with E-state index in [9.17, 15) is 4.79 Å². The van der Waals surface area contributed by atoms with Crippen molar-refractivity contribution in [2.45, 2.75) is 33.0 Å². The summed E-state index contributed by atoms with van der Waals surface area (Å²) in [5.41, 5.74) is 10.7. The van der Waals surface area contributed by atoms with Gasteiger partial charge in [0, 0.05) is 24.2 Å². The van der Waals surface area contributed by atoms with Gasteiger partial charge in [0.15, 0.2) is 0 Å². The van der Waals surface area contributed by atoms with E-state index >= 15 is 0 Å². The number of hydrogen-bond acceptors (Lipinski definition) is 5. The monoisotopic (exact) mass is 368 g/mol. The van der Waals surface area contributed by atoms with Crippen LogP contribution in [0.2, 0.25) is 0 Å². The topological polar surface area (TPSA) is 71.2 Å². The normalized spacial score (nSPS) is 12.1. The maximum Gasteiger partial charge on any atom is 0.241 e. The summed E-state index contributed by atoms with van der Waals surface area (Å²) in [5, 5.41) is 4.95. The van der Waals surface area contributed by atoms with Crippen LogP contribution in [0.5, 0.6) is 0 Å². The lowest BCUT2D eigenvalue weighted by Gasteiger charge is -2.17. The van der Waals surface area contributed by atoms with Crippen LogP contribution in [0.15, 0.2) is 35.2 Å². The average molecular weight is 369 g/mol. The zero-order chi connectivity index (χ0) is 16.8. The highest BCUT2D eigenvalue weighted by Crippen LogP contribution is 2.14. The number of hydrogen-bond donors (Lipinski definition) is 2. The molecular formula is C17H25ClN4OS. The molecule has 2 rings (SSSR count). The van der Waals surface area contributed by atoms with Crippen molar-refractivity contribution in [3.63, 3.8) is 0 Å². The lowest BCUT2D eigenvalue weighted by molar-refractivity contribution is -0.118. The third kappa shape index (κ3) is 6.20. The van der Waals surface area contributed by atoms with Gasteiger partial charge in [0.1, 0.15) is 0 Å². The molecule has 5 nitrogen and oxygen atoms in total. The Hall–Kier alpha value is -1.47. The summed E-state index contributed by atoms with van der Waals surface area (Å²) in [6.45, 7) is 5.47. The Balaban J connectivity index is 0.00000288. The first-order valence-corrected chi connectivity index (χ1v) is 8.61. The van der Waals surface area contributed by atoms with E-state index in [2.05, 4.69) is 33.7 Å². The van der Waals surface area contributed by atoms with Gasteiger partial charge in [0.25, 0.3) is 0 Å². The number of aromatic nitrogens is 1. The number of carbonyl (C=O) groups is 1. The van der Waals surface area contributed by atoms with Gasteiger partial charge in [0.2, 0.25) is 5.91 Å². The summed E-state index contributed by atoms with van der Waals surface area (Å²) in [5.74, 6) is -0.0320. The second kappa shape index (κ2) is 9.74. The molecule has 132 valence electrons. The highest BCUT2D eigenvalue weighted by molar-refractivity contribution is 7.07. The van der Waals surface area contributed by atoms with E-state index in [-0.39, 0.29) is 24.2 Å². The summed E-state index contributed by atoms with van der Waals surface area (Å²) in [6.07, 6.45) is 0. The molecule has 0 aliphatic heterocycles. The maximum atomic E-state index is 12.0. The standard InChI is InChI=1S/C17H24N4OS.ClH/c1-12(2)16(18)17(22)20-14-6-4-5-13(7-14)8-21(3)9-15-10-23-11-19-15;/h4-7,10-12,16H,8-9,18H2,1-3H3,(H,20,22);1H/t16-;/m0./s1. The van der Waals surface area contributed by atoms with Crippen LogP contribution in [-0.4, -0.2) is 28.9 Å². The van der Waals surface area contributed by atoms with Gasteiger partial charge in [-0.1, -0.05) is 26.0 Å². The molecule has 0 fully saturated rings. The number of amides is 1. The van der Waals surface area contributed by atoms with Crippen LogP contribution < -0.4 is 11.1 Å². The first-order chi connectivity index (χ1) is 11.0. The first kappa shape index (κ1) is 20.6. The second-order valence-corrected chi connectivity index (χ2v) is 6.83. The Kier molecular flexibility index (Phi) is 8.35. The number of nitrogens with zero attached hydrogens (tertiary/aromatic N) is 2. The van der Waals surface area contributed by atoms with E-state index in [1.165, 1.54) is 0 Å². The Morgan fingerprint density at radius 2 is 2.12 bits per heavy atom. The molecule has 0 radical (unpaired) electrons. The number of nitrogens with one attached hydrogen (secondary N) is 1. The predicted octanol–water partition coefficient (Wildman–Crippen LogP) is 3.12. The van der Waals surface area contributed by atoms with Gasteiger partial charge in [-0.15, -0.1) is 23.7 Å². The molecular weight excluding hydrogens is 344 g/mol. The second-order valence-electron chi connectivity index (χ2n) is 6.11. The van der Waals surface area contributed by atoms with E-state index in [0.29, 0.717) is 0 Å². The Morgan fingerprint density at radius 1 is 1.38 bits per heavy atom. The summed E-state index contributed by atoms with van der Waals surface area (Å²) >= 11 is 1.60. The molecule has 1 aromatic heterocycles. The third-order valence-corrected chi connectivity index (χ3v) is 4.22. The van der Waals surface area contributed by atoms with Gasteiger partial charge in [0.05, 0.1) is 17.2 Å². The lowest BCUT2D eigenvalue weighted by atomic mass is 10.0. The van der Waals surface area contributed by atoms with Gasteiger partial charge in [-0.2, -0.15) is 0 Å². The van der Waals surface area contributed by atoms with Crippen LogP contribution in [0.25, 0.3) is 0 Å². The minimum absolute atomic E-state index is 0. The number of carbonyl (C=O) groups excluding carboxylic acids is 1. The molecule has 0 aliphatic rings. The number of anilines is 1. The molecule has 0 saturated carbocycles. The molecule has 7 heteroatoms. The maximum absolute atomic E-state index is 12.0. The number of halogens is 1. The van der Waals surface area contributed by atoms with Crippen LogP contribution in [0.1, 0.15) is 25.1 Å². The van der Waals surface area contributed by atoms with Crippen LogP contribution >= 0.6 is 23.7 Å². The Labute approximate surface area is 153 Å². The molecule has 1 heterocycles. The number of nitrogens with two attached hydrogens (primary N) is 1. The molecule has 1 atom stereocenters. The zero-order valence-electron chi connectivity index (χ0n) is 14.2. The van der Waals surface area contributed by atoms with Crippen LogP contribution in [-0.2, 0) is 17.9 Å². The predicted molar refractivity (Wildman–Crippen MR) is 102 cm³/mol. The molecule has 0 spiro atoms. The summed E-state index contributed by atoms with van der Waals surface area (Å²) < 4.78 is 0. The zero-order valence-corrected chi connectivity index (χ0v) is 15.9. The molecule has 0 bridgehead atoms. The average Bonchev–Trinajstić information content (AvgIpc) is 2.99. The molecule has 1 amide bonds. The van der Waals surface area contributed by atoms with Crippen molar-refractivity contribution < 1.29 is 4.79 Å². The summed E-state index contributed by atoms with van der Waals surface area (Å²) in [7, 11) is 2.05. The highest BCUT2D eigenvalue weighted by atomic mass is 35.5. The number of rotatable bonds is 7. The fraction of sp³-hybridized carbons (Fsp3) is 0.412. The first-order valence-electron chi connectivity index (χ1n) is 7.66. The molecule has 3 N–H and O–H groups in total. The van der Waals surface area contributed by atoms with E-state index in [1.807, 2.05) is 37.6 Å². The fourth-order valence-corrected chi connectivity index (χ4v) is 2.79. The summed E-state index contributed by atoms with van der Waals surface area (Å²) in [4.78, 5) is 18.5. The SMILES string of the molecule is CC(C)[C@H](N)C(=O)Nc1cccc(CN(C)Cc2cscn2)c1.Cl. The largest absolute Gasteiger partial charge is 0.325 e. The minimum atomic E-state index is -0.494. The van der Waals surface area contributed by atoms with Crippen molar-refractivity contribution in [3.8, 4) is 0 Å². The number of thiazole rings is 1. The quantitative estimate of drug-likeness (QED) is 0.787. The van der Waals surface area contributed by atoms with Crippen molar-refractivity contribution in [2.75, 3.05) is 12.4 Å². The molecule has 2 aromatic rings. The minimum Gasteiger partial charge on any atom is -0.325 e. The fourth-order valence-electron chi connectivity index (χ4n) is 2.24. The highest BCUT2D eigenvalue weighted by Gasteiger charge is 2.17. The van der Waals surface area contributed by atoms with Gasteiger partial charge in [-0.05, 0) is 30.7 Å². The third-order valence-electron chi connectivity index (χ3n) is 3.58. The van der Waals surface area contributed by atoms with Crippen molar-refractivity contribution >= 4 is 35.3 Å². The molecule has 1 aromatic carbocycles. The molecule has 0 aliphatic carbocycles. The van der Waals surface area contributed by atoms with Crippen molar-refractivity contribution in [3.05, 3.63) is 46.4 Å². The van der Waals surface area contributed by atoms with E-state index < -0.39 is 6.04 Å². The van der Waals surface area contributed by atoms with Crippen molar-refractivity contribution in [1.82, 2.24) is 9.88 Å². The molecule has 0 unspecified atom stereocenters. The van der Waals surface area contributed by atoms with E-state index in [0.717, 1.165) is 30.0 Å². The Bertz CT molecular complexity index is 633. The number of benzene rings is 1. The Morgan fingerprint density at radius 3 is 2.75 bits per heavy atom. The van der Waals surface area contributed by atoms with Crippen LogP contribution in [0, 0.1) is 5.92 Å².